The largest absolute Gasteiger partial charge is 0.349 e. The summed E-state index contributed by atoms with van der Waals surface area (Å²) in [7, 11) is 2.11. The number of para-hydroxylation sites is 1. The number of rotatable bonds is 4. The highest BCUT2D eigenvalue weighted by molar-refractivity contribution is 6.06. The van der Waals surface area contributed by atoms with Gasteiger partial charge >= 0.3 is 0 Å². The summed E-state index contributed by atoms with van der Waals surface area (Å²) in [6.07, 6.45) is 7.45. The fourth-order valence-corrected chi connectivity index (χ4v) is 5.32. The first kappa shape index (κ1) is 22.6. The van der Waals surface area contributed by atoms with Crippen molar-refractivity contribution in [3.8, 4) is 22.6 Å². The number of imidazole rings is 1. The second-order valence-corrected chi connectivity index (χ2v) is 9.94. The van der Waals surface area contributed by atoms with Gasteiger partial charge in [-0.3, -0.25) is 14.9 Å². The van der Waals surface area contributed by atoms with Gasteiger partial charge in [-0.15, -0.1) is 0 Å². The zero-order valence-electron chi connectivity index (χ0n) is 20.9. The molecule has 9 heteroatoms. The predicted octanol–water partition coefficient (Wildman–Crippen LogP) is 4.54. The van der Waals surface area contributed by atoms with E-state index in [1.807, 2.05) is 48.9 Å². The first-order valence-electron chi connectivity index (χ1n) is 12.8. The number of carbonyl (C=O) groups is 1. The van der Waals surface area contributed by atoms with E-state index in [0.29, 0.717) is 22.6 Å². The normalized spacial score (nSPS) is 15.0. The summed E-state index contributed by atoms with van der Waals surface area (Å²) in [5, 5.41) is 13.7. The van der Waals surface area contributed by atoms with E-state index in [4.69, 9.17) is 4.98 Å². The minimum atomic E-state index is -0.0925. The van der Waals surface area contributed by atoms with Crippen molar-refractivity contribution in [3.05, 3.63) is 72.7 Å². The van der Waals surface area contributed by atoms with Crippen LogP contribution < -0.4 is 5.32 Å². The minimum absolute atomic E-state index is 0.0925. The minimum Gasteiger partial charge on any atom is -0.349 e. The van der Waals surface area contributed by atoms with Gasteiger partial charge in [-0.1, -0.05) is 30.3 Å². The van der Waals surface area contributed by atoms with Gasteiger partial charge in [0.1, 0.15) is 11.2 Å². The SMILES string of the molecule is CN1CCC(NC(=O)c2cccc3[nH]c(-c4[nH]nc5ncc(-c6cncc7ccccc67)cc45)nc23)CC1. The molecule has 1 amide bonds. The van der Waals surface area contributed by atoms with Gasteiger partial charge in [-0.05, 0) is 56.6 Å². The molecule has 1 saturated heterocycles. The maximum atomic E-state index is 13.2. The highest BCUT2D eigenvalue weighted by Gasteiger charge is 2.22. The average molecular weight is 503 g/mol. The van der Waals surface area contributed by atoms with Gasteiger partial charge in [0.25, 0.3) is 5.91 Å². The van der Waals surface area contributed by atoms with Crippen LogP contribution in [0.5, 0.6) is 0 Å². The summed E-state index contributed by atoms with van der Waals surface area (Å²) in [6.45, 7) is 1.97. The first-order chi connectivity index (χ1) is 18.6. The Labute approximate surface area is 218 Å². The van der Waals surface area contributed by atoms with Crippen molar-refractivity contribution in [3.63, 3.8) is 0 Å². The van der Waals surface area contributed by atoms with Crippen LogP contribution in [0, 0.1) is 0 Å². The number of benzene rings is 2. The molecule has 188 valence electrons. The van der Waals surface area contributed by atoms with Crippen molar-refractivity contribution in [1.82, 2.24) is 40.3 Å². The molecule has 0 atom stereocenters. The molecule has 1 aliphatic rings. The molecule has 0 aliphatic carbocycles. The van der Waals surface area contributed by atoms with Crippen LogP contribution in [0.3, 0.4) is 0 Å². The second-order valence-electron chi connectivity index (χ2n) is 9.94. The van der Waals surface area contributed by atoms with Gasteiger partial charge in [-0.2, -0.15) is 5.10 Å². The Bertz CT molecular complexity index is 1810. The van der Waals surface area contributed by atoms with E-state index in [9.17, 15) is 4.79 Å². The van der Waals surface area contributed by atoms with Crippen LogP contribution >= 0.6 is 0 Å². The molecule has 0 saturated carbocycles. The number of nitrogens with zero attached hydrogens (tertiary/aromatic N) is 5. The number of H-pyrrole nitrogens is 2. The molecule has 0 bridgehead atoms. The molecular weight excluding hydrogens is 476 g/mol. The zero-order valence-corrected chi connectivity index (χ0v) is 20.9. The number of nitrogens with one attached hydrogen (secondary N) is 3. The number of likely N-dealkylation sites (tertiary alicyclic amines) is 1. The van der Waals surface area contributed by atoms with E-state index in [2.05, 4.69) is 60.6 Å². The molecule has 0 unspecified atom stereocenters. The highest BCUT2D eigenvalue weighted by Crippen LogP contribution is 2.32. The third-order valence-electron chi connectivity index (χ3n) is 7.44. The van der Waals surface area contributed by atoms with E-state index in [-0.39, 0.29) is 11.9 Å². The summed E-state index contributed by atoms with van der Waals surface area (Å²) < 4.78 is 0. The lowest BCUT2D eigenvalue weighted by molar-refractivity contribution is 0.0918. The predicted molar refractivity (Wildman–Crippen MR) is 148 cm³/mol. The molecule has 1 fully saturated rings. The van der Waals surface area contributed by atoms with Crippen molar-refractivity contribution in [1.29, 1.82) is 0 Å². The monoisotopic (exact) mass is 502 g/mol. The molecule has 3 N–H and O–H groups in total. The van der Waals surface area contributed by atoms with Crippen LogP contribution in [0.15, 0.2) is 67.1 Å². The van der Waals surface area contributed by atoms with Crippen molar-refractivity contribution < 1.29 is 4.79 Å². The maximum absolute atomic E-state index is 13.2. The number of aromatic nitrogens is 6. The quantitative estimate of drug-likeness (QED) is 0.326. The van der Waals surface area contributed by atoms with Crippen molar-refractivity contribution >= 4 is 38.7 Å². The number of piperidine rings is 1. The standard InChI is InChI=1S/C29H26N8O/c1-37-11-9-19(10-12-37)32-29(38)21-7-4-8-24-25(21)34-28(33-24)26-22-13-18(15-31-27(22)36-35-26)23-16-30-14-17-5-2-3-6-20(17)23/h2-8,13-16,19H,9-12H2,1H3,(H,32,38)(H,33,34)(H,31,35,36). The van der Waals surface area contributed by atoms with Gasteiger partial charge in [-0.25, -0.2) is 9.97 Å². The average Bonchev–Trinajstić information content (AvgIpc) is 3.57. The topological polar surface area (TPSA) is 115 Å². The first-order valence-corrected chi connectivity index (χ1v) is 12.8. The van der Waals surface area contributed by atoms with E-state index in [0.717, 1.165) is 64.4 Å². The number of pyridine rings is 2. The lowest BCUT2D eigenvalue weighted by Crippen LogP contribution is -2.43. The number of hydrogen-bond acceptors (Lipinski definition) is 6. The highest BCUT2D eigenvalue weighted by atomic mass is 16.1. The molecule has 38 heavy (non-hydrogen) atoms. The molecule has 9 nitrogen and oxygen atoms in total. The Morgan fingerprint density at radius 3 is 2.79 bits per heavy atom. The Kier molecular flexibility index (Phi) is 5.36. The fraction of sp³-hybridized carbons (Fsp3) is 0.207. The number of aromatic amines is 2. The second kappa shape index (κ2) is 9.04. The Balaban J connectivity index is 1.27. The number of amides is 1. The summed E-state index contributed by atoms with van der Waals surface area (Å²) in [5.41, 5.74) is 5.26. The summed E-state index contributed by atoms with van der Waals surface area (Å²) in [4.78, 5) is 32.7. The van der Waals surface area contributed by atoms with Crippen LogP contribution in [0.4, 0.5) is 0 Å². The van der Waals surface area contributed by atoms with Gasteiger partial charge in [0.2, 0.25) is 0 Å². The number of fused-ring (bicyclic) bond motifs is 3. The van der Waals surface area contributed by atoms with Crippen molar-refractivity contribution in [2.75, 3.05) is 20.1 Å². The summed E-state index contributed by atoms with van der Waals surface area (Å²) >= 11 is 0. The molecule has 0 spiro atoms. The zero-order chi connectivity index (χ0) is 25.6. The Hall–Kier alpha value is -4.63. The van der Waals surface area contributed by atoms with Crippen LogP contribution in [0.2, 0.25) is 0 Å². The van der Waals surface area contributed by atoms with Crippen molar-refractivity contribution in [2.24, 2.45) is 0 Å². The maximum Gasteiger partial charge on any atom is 0.253 e. The van der Waals surface area contributed by atoms with Gasteiger partial charge in [0.15, 0.2) is 11.5 Å². The molecule has 0 radical (unpaired) electrons. The molecule has 2 aromatic carbocycles. The molecule has 1 aliphatic heterocycles. The van der Waals surface area contributed by atoms with E-state index >= 15 is 0 Å². The number of hydrogen-bond donors (Lipinski definition) is 3. The van der Waals surface area contributed by atoms with Crippen LogP contribution in [0.1, 0.15) is 23.2 Å². The van der Waals surface area contributed by atoms with Crippen LogP contribution in [-0.2, 0) is 0 Å². The summed E-state index contributed by atoms with van der Waals surface area (Å²) in [5.74, 6) is 0.516. The molecule has 4 aromatic heterocycles. The molecule has 7 rings (SSSR count). The van der Waals surface area contributed by atoms with E-state index < -0.39 is 0 Å². The molecule has 6 aromatic rings. The van der Waals surface area contributed by atoms with Crippen LogP contribution in [-0.4, -0.2) is 67.1 Å². The lowest BCUT2D eigenvalue weighted by Gasteiger charge is -2.29. The lowest BCUT2D eigenvalue weighted by atomic mass is 10.0. The summed E-state index contributed by atoms with van der Waals surface area (Å²) in [6, 6.07) is 16.1. The van der Waals surface area contributed by atoms with E-state index in [1.165, 1.54) is 0 Å². The number of carbonyl (C=O) groups excluding carboxylic acids is 1. The van der Waals surface area contributed by atoms with Gasteiger partial charge in [0, 0.05) is 41.1 Å². The molecular formula is C29H26N8O. The Morgan fingerprint density at radius 1 is 1.03 bits per heavy atom. The third-order valence-corrected chi connectivity index (χ3v) is 7.44. The smallest absolute Gasteiger partial charge is 0.253 e. The van der Waals surface area contributed by atoms with E-state index in [1.54, 1.807) is 0 Å². The fourth-order valence-electron chi connectivity index (χ4n) is 5.32. The van der Waals surface area contributed by atoms with Gasteiger partial charge in [0.05, 0.1) is 16.5 Å². The molecule has 5 heterocycles. The Morgan fingerprint density at radius 2 is 1.89 bits per heavy atom. The van der Waals surface area contributed by atoms with Gasteiger partial charge < -0.3 is 15.2 Å². The van der Waals surface area contributed by atoms with Crippen LogP contribution in [0.25, 0.3) is 55.5 Å². The van der Waals surface area contributed by atoms with Crippen molar-refractivity contribution in [2.45, 2.75) is 18.9 Å². The third kappa shape index (κ3) is 3.88.